The molecule has 6 heteroatoms. The average molecular weight is 406 g/mol. The molecule has 0 atom stereocenters. The number of aromatic nitrogens is 1. The van der Waals surface area contributed by atoms with Crippen molar-refractivity contribution in [1.82, 2.24) is 4.98 Å². The molecule has 4 aromatic rings. The number of hydrogen-bond acceptors (Lipinski definition) is 5. The van der Waals surface area contributed by atoms with Crippen molar-refractivity contribution in [3.8, 4) is 22.8 Å². The van der Waals surface area contributed by atoms with Gasteiger partial charge in [-0.05, 0) is 42.0 Å². The molecule has 3 aromatic carbocycles. The number of rotatable bonds is 6. The van der Waals surface area contributed by atoms with Crippen LogP contribution in [0.15, 0.2) is 89.3 Å². The number of ether oxygens (including phenoxy) is 1. The molecule has 0 aliphatic carbocycles. The van der Waals surface area contributed by atoms with E-state index in [0.717, 1.165) is 22.0 Å². The SMILES string of the molecule is Clc1ccccc1Oc1ccc(C=NNc2nc(-c3ccccc3)cs2)cc1. The first-order valence-electron chi connectivity index (χ1n) is 8.60. The second-order valence-corrected chi connectivity index (χ2v) is 7.14. The van der Waals surface area contributed by atoms with E-state index in [4.69, 9.17) is 16.3 Å². The summed E-state index contributed by atoms with van der Waals surface area (Å²) in [5.41, 5.74) is 5.94. The molecule has 0 radical (unpaired) electrons. The number of halogens is 1. The summed E-state index contributed by atoms with van der Waals surface area (Å²) in [6.07, 6.45) is 1.74. The Bertz CT molecular complexity index is 1080. The summed E-state index contributed by atoms with van der Waals surface area (Å²) in [6.45, 7) is 0. The fourth-order valence-corrected chi connectivity index (χ4v) is 3.35. The van der Waals surface area contributed by atoms with Gasteiger partial charge in [0, 0.05) is 10.9 Å². The lowest BCUT2D eigenvalue weighted by atomic mass is 10.2. The van der Waals surface area contributed by atoms with E-state index in [-0.39, 0.29) is 0 Å². The molecule has 0 saturated carbocycles. The first-order chi connectivity index (χ1) is 13.8. The molecule has 1 N–H and O–H groups in total. The maximum absolute atomic E-state index is 6.11. The minimum atomic E-state index is 0.579. The van der Waals surface area contributed by atoms with Gasteiger partial charge in [0.05, 0.1) is 16.9 Å². The Kier molecular flexibility index (Phi) is 5.66. The summed E-state index contributed by atoms with van der Waals surface area (Å²) in [5, 5.41) is 7.59. The lowest BCUT2D eigenvalue weighted by Gasteiger charge is -2.07. The van der Waals surface area contributed by atoms with Gasteiger partial charge in [0.1, 0.15) is 11.5 Å². The van der Waals surface area contributed by atoms with Gasteiger partial charge in [-0.15, -0.1) is 11.3 Å². The molecule has 1 heterocycles. The Balaban J connectivity index is 1.36. The number of anilines is 1. The molecule has 1 aromatic heterocycles. The van der Waals surface area contributed by atoms with Crippen LogP contribution in [0.5, 0.6) is 11.5 Å². The Morgan fingerprint density at radius 3 is 2.46 bits per heavy atom. The first kappa shape index (κ1) is 18.2. The van der Waals surface area contributed by atoms with Crippen LogP contribution in [0.4, 0.5) is 5.13 Å². The van der Waals surface area contributed by atoms with Crippen LogP contribution in [-0.2, 0) is 0 Å². The Morgan fingerprint density at radius 2 is 1.68 bits per heavy atom. The maximum Gasteiger partial charge on any atom is 0.203 e. The number of nitrogens with zero attached hydrogens (tertiary/aromatic N) is 2. The van der Waals surface area contributed by atoms with Gasteiger partial charge in [0.2, 0.25) is 5.13 Å². The van der Waals surface area contributed by atoms with Crippen molar-refractivity contribution < 1.29 is 4.74 Å². The van der Waals surface area contributed by atoms with Gasteiger partial charge >= 0.3 is 0 Å². The number of hydrogen-bond donors (Lipinski definition) is 1. The van der Waals surface area contributed by atoms with Crippen LogP contribution in [0.3, 0.4) is 0 Å². The van der Waals surface area contributed by atoms with E-state index in [1.54, 1.807) is 12.3 Å². The van der Waals surface area contributed by atoms with Gasteiger partial charge in [-0.1, -0.05) is 54.1 Å². The second-order valence-electron chi connectivity index (χ2n) is 5.88. The third-order valence-corrected chi connectivity index (χ3v) is 4.95. The standard InChI is InChI=1S/C22H16ClN3OS/c23-19-8-4-5-9-21(19)27-18-12-10-16(11-13-18)14-24-26-22-25-20(15-28-22)17-6-2-1-3-7-17/h1-15H,(H,25,26). The fraction of sp³-hybridized carbons (Fsp3) is 0. The van der Waals surface area contributed by atoms with E-state index in [1.165, 1.54) is 11.3 Å². The third-order valence-electron chi connectivity index (χ3n) is 3.89. The van der Waals surface area contributed by atoms with Crippen LogP contribution in [-0.4, -0.2) is 11.2 Å². The van der Waals surface area contributed by atoms with Crippen LogP contribution >= 0.6 is 22.9 Å². The van der Waals surface area contributed by atoms with Crippen LogP contribution in [0.1, 0.15) is 5.56 Å². The highest BCUT2D eigenvalue weighted by atomic mass is 35.5. The number of benzene rings is 3. The molecule has 0 amide bonds. The van der Waals surface area contributed by atoms with Crippen molar-refractivity contribution in [2.24, 2.45) is 5.10 Å². The average Bonchev–Trinajstić information content (AvgIpc) is 3.21. The highest BCUT2D eigenvalue weighted by molar-refractivity contribution is 7.14. The molecule has 0 unspecified atom stereocenters. The van der Waals surface area contributed by atoms with Crippen LogP contribution < -0.4 is 10.2 Å². The summed E-state index contributed by atoms with van der Waals surface area (Å²) < 4.78 is 5.78. The number of para-hydroxylation sites is 1. The summed E-state index contributed by atoms with van der Waals surface area (Å²) >= 11 is 7.63. The Hall–Kier alpha value is -3.15. The molecule has 4 nitrogen and oxygen atoms in total. The molecular weight excluding hydrogens is 390 g/mol. The summed E-state index contributed by atoms with van der Waals surface area (Å²) in [6, 6.07) is 25.0. The first-order valence-corrected chi connectivity index (χ1v) is 9.86. The molecule has 0 saturated heterocycles. The zero-order valence-electron chi connectivity index (χ0n) is 14.7. The maximum atomic E-state index is 6.11. The number of hydrazone groups is 1. The smallest absolute Gasteiger partial charge is 0.203 e. The van der Waals surface area contributed by atoms with Gasteiger partial charge in [-0.2, -0.15) is 5.10 Å². The van der Waals surface area contributed by atoms with E-state index in [1.807, 2.05) is 78.2 Å². The lowest BCUT2D eigenvalue weighted by molar-refractivity contribution is 0.483. The van der Waals surface area contributed by atoms with E-state index >= 15 is 0 Å². The van der Waals surface area contributed by atoms with Crippen molar-refractivity contribution in [3.63, 3.8) is 0 Å². The molecule has 0 aliphatic heterocycles. The molecule has 28 heavy (non-hydrogen) atoms. The molecule has 0 bridgehead atoms. The molecule has 138 valence electrons. The number of thiazole rings is 1. The normalized spacial score (nSPS) is 10.9. The van der Waals surface area contributed by atoms with Gasteiger partial charge in [0.15, 0.2) is 0 Å². The fourth-order valence-electron chi connectivity index (χ4n) is 2.51. The molecule has 0 aliphatic rings. The molecule has 4 rings (SSSR count). The van der Waals surface area contributed by atoms with Gasteiger partial charge in [-0.3, -0.25) is 5.43 Å². The largest absolute Gasteiger partial charge is 0.456 e. The topological polar surface area (TPSA) is 46.5 Å². The number of nitrogens with one attached hydrogen (secondary N) is 1. The Labute approximate surface area is 172 Å². The van der Waals surface area contributed by atoms with E-state index in [0.29, 0.717) is 16.5 Å². The zero-order chi connectivity index (χ0) is 19.2. The van der Waals surface area contributed by atoms with E-state index in [2.05, 4.69) is 15.5 Å². The predicted octanol–water partition coefficient (Wildman–Crippen LogP) is 6.70. The molecule has 0 fully saturated rings. The monoisotopic (exact) mass is 405 g/mol. The van der Waals surface area contributed by atoms with Crippen molar-refractivity contribution >= 4 is 34.3 Å². The van der Waals surface area contributed by atoms with E-state index in [9.17, 15) is 0 Å². The van der Waals surface area contributed by atoms with Gasteiger partial charge in [0.25, 0.3) is 0 Å². The summed E-state index contributed by atoms with van der Waals surface area (Å²) in [7, 11) is 0. The van der Waals surface area contributed by atoms with Crippen molar-refractivity contribution in [3.05, 3.63) is 94.8 Å². The van der Waals surface area contributed by atoms with Crippen LogP contribution in [0, 0.1) is 0 Å². The minimum absolute atomic E-state index is 0.579. The predicted molar refractivity (Wildman–Crippen MR) is 117 cm³/mol. The highest BCUT2D eigenvalue weighted by Crippen LogP contribution is 2.29. The summed E-state index contributed by atoms with van der Waals surface area (Å²) in [4.78, 5) is 4.54. The minimum Gasteiger partial charge on any atom is -0.456 e. The van der Waals surface area contributed by atoms with E-state index < -0.39 is 0 Å². The van der Waals surface area contributed by atoms with Crippen LogP contribution in [0.25, 0.3) is 11.3 Å². The van der Waals surface area contributed by atoms with Crippen molar-refractivity contribution in [2.45, 2.75) is 0 Å². The van der Waals surface area contributed by atoms with Gasteiger partial charge in [-0.25, -0.2) is 4.98 Å². The Morgan fingerprint density at radius 1 is 0.929 bits per heavy atom. The third kappa shape index (κ3) is 4.57. The van der Waals surface area contributed by atoms with Crippen molar-refractivity contribution in [2.75, 3.05) is 5.43 Å². The van der Waals surface area contributed by atoms with Crippen molar-refractivity contribution in [1.29, 1.82) is 0 Å². The highest BCUT2D eigenvalue weighted by Gasteiger charge is 2.03. The lowest BCUT2D eigenvalue weighted by Crippen LogP contribution is -1.91. The molecule has 0 spiro atoms. The second kappa shape index (κ2) is 8.69. The quantitative estimate of drug-likeness (QED) is 0.286. The van der Waals surface area contributed by atoms with Gasteiger partial charge < -0.3 is 4.74 Å². The zero-order valence-corrected chi connectivity index (χ0v) is 16.3. The summed E-state index contributed by atoms with van der Waals surface area (Å²) in [5.74, 6) is 1.34. The molecular formula is C22H16ClN3OS. The van der Waals surface area contributed by atoms with Crippen LogP contribution in [0.2, 0.25) is 5.02 Å².